The van der Waals surface area contributed by atoms with Crippen molar-refractivity contribution in [2.75, 3.05) is 88.5 Å². The standard InChI is InChI=1S/C28H39N5O3/c34-27-4-2-1-3-26(27)33-17-15-32(16-18-33)25-9-12-31(13-10-25)24-7-5-23(6-8-24)28(35)29-11-14-30-19-21-36-22-20-30/h1-8,25,34H,9-22H2,(H,29,35). The number of hydrogen-bond acceptors (Lipinski definition) is 7. The van der Waals surface area contributed by atoms with Crippen LogP contribution in [0.2, 0.25) is 0 Å². The number of hydrogen-bond donors (Lipinski definition) is 2. The van der Waals surface area contributed by atoms with E-state index in [0.717, 1.165) is 96.2 Å². The molecular formula is C28H39N5O3. The number of ether oxygens (including phenoxy) is 1. The van der Waals surface area contributed by atoms with Crippen molar-refractivity contribution in [1.82, 2.24) is 15.1 Å². The van der Waals surface area contributed by atoms with Crippen LogP contribution in [-0.4, -0.2) is 106 Å². The molecule has 3 fully saturated rings. The number of rotatable bonds is 7. The Morgan fingerprint density at radius 1 is 0.861 bits per heavy atom. The van der Waals surface area contributed by atoms with Crippen molar-refractivity contribution in [1.29, 1.82) is 0 Å². The van der Waals surface area contributed by atoms with Crippen molar-refractivity contribution >= 4 is 17.3 Å². The van der Waals surface area contributed by atoms with E-state index < -0.39 is 0 Å². The summed E-state index contributed by atoms with van der Waals surface area (Å²) in [6.45, 7) is 11.0. The summed E-state index contributed by atoms with van der Waals surface area (Å²) in [7, 11) is 0. The number of carbonyl (C=O) groups excluding carboxylic acids is 1. The van der Waals surface area contributed by atoms with Gasteiger partial charge in [-0.1, -0.05) is 12.1 Å². The third-order valence-electron chi connectivity index (χ3n) is 7.83. The van der Waals surface area contributed by atoms with E-state index in [0.29, 0.717) is 18.3 Å². The predicted octanol–water partition coefficient (Wildman–Crippen LogP) is 2.25. The summed E-state index contributed by atoms with van der Waals surface area (Å²) in [6.07, 6.45) is 2.31. The molecule has 0 spiro atoms. The van der Waals surface area contributed by atoms with Gasteiger partial charge < -0.3 is 25.0 Å². The normalized spacial score (nSPS) is 20.4. The maximum absolute atomic E-state index is 12.5. The first-order valence-electron chi connectivity index (χ1n) is 13.4. The molecule has 0 aromatic heterocycles. The van der Waals surface area contributed by atoms with Gasteiger partial charge in [0.25, 0.3) is 5.91 Å². The van der Waals surface area contributed by atoms with E-state index in [1.807, 2.05) is 30.3 Å². The van der Waals surface area contributed by atoms with Crippen LogP contribution in [0.1, 0.15) is 23.2 Å². The minimum absolute atomic E-state index is 0.00326. The van der Waals surface area contributed by atoms with Crippen LogP contribution in [0.15, 0.2) is 48.5 Å². The highest BCUT2D eigenvalue weighted by Gasteiger charge is 2.28. The lowest BCUT2D eigenvalue weighted by molar-refractivity contribution is 0.0383. The van der Waals surface area contributed by atoms with Crippen molar-refractivity contribution in [2.24, 2.45) is 0 Å². The molecule has 0 atom stereocenters. The van der Waals surface area contributed by atoms with Gasteiger partial charge in [0, 0.05) is 82.7 Å². The van der Waals surface area contributed by atoms with Crippen molar-refractivity contribution in [3.63, 3.8) is 0 Å². The van der Waals surface area contributed by atoms with Crippen molar-refractivity contribution in [3.8, 4) is 5.75 Å². The van der Waals surface area contributed by atoms with E-state index in [4.69, 9.17) is 4.74 Å². The summed E-state index contributed by atoms with van der Waals surface area (Å²) in [5.74, 6) is 0.368. The van der Waals surface area contributed by atoms with E-state index in [1.165, 1.54) is 5.69 Å². The zero-order chi connectivity index (χ0) is 24.7. The number of morpholine rings is 1. The second-order valence-corrected chi connectivity index (χ2v) is 9.99. The number of piperidine rings is 1. The number of benzene rings is 2. The first-order chi connectivity index (χ1) is 17.7. The second kappa shape index (κ2) is 12.0. The van der Waals surface area contributed by atoms with E-state index >= 15 is 0 Å². The number of para-hydroxylation sites is 2. The molecule has 0 saturated carbocycles. The van der Waals surface area contributed by atoms with E-state index in [2.05, 4.69) is 37.0 Å². The molecule has 1 amide bonds. The molecule has 0 unspecified atom stereocenters. The molecule has 3 aliphatic heterocycles. The van der Waals surface area contributed by atoms with Crippen LogP contribution >= 0.6 is 0 Å². The molecule has 194 valence electrons. The van der Waals surface area contributed by atoms with Crippen LogP contribution in [0.4, 0.5) is 11.4 Å². The largest absolute Gasteiger partial charge is 0.506 e. The Labute approximate surface area is 214 Å². The highest BCUT2D eigenvalue weighted by Crippen LogP contribution is 2.29. The number of anilines is 2. The topological polar surface area (TPSA) is 71.5 Å². The highest BCUT2D eigenvalue weighted by atomic mass is 16.5. The van der Waals surface area contributed by atoms with Crippen LogP contribution in [-0.2, 0) is 4.74 Å². The number of nitrogens with zero attached hydrogens (tertiary/aromatic N) is 4. The van der Waals surface area contributed by atoms with Crippen LogP contribution in [0.3, 0.4) is 0 Å². The fraction of sp³-hybridized carbons (Fsp3) is 0.536. The lowest BCUT2D eigenvalue weighted by Crippen LogP contribution is -2.53. The van der Waals surface area contributed by atoms with Gasteiger partial charge in [-0.2, -0.15) is 0 Å². The molecule has 2 aromatic carbocycles. The zero-order valence-electron chi connectivity index (χ0n) is 21.1. The maximum Gasteiger partial charge on any atom is 0.251 e. The highest BCUT2D eigenvalue weighted by molar-refractivity contribution is 5.94. The molecule has 2 N–H and O–H groups in total. The van der Waals surface area contributed by atoms with Gasteiger partial charge in [0.1, 0.15) is 5.75 Å². The van der Waals surface area contributed by atoms with Gasteiger partial charge in [0.15, 0.2) is 0 Å². The number of aromatic hydroxyl groups is 1. The number of nitrogens with one attached hydrogen (secondary N) is 1. The summed E-state index contributed by atoms with van der Waals surface area (Å²) in [5, 5.41) is 13.2. The lowest BCUT2D eigenvalue weighted by atomic mass is 10.0. The lowest BCUT2D eigenvalue weighted by Gasteiger charge is -2.43. The van der Waals surface area contributed by atoms with Gasteiger partial charge in [0.2, 0.25) is 0 Å². The number of amides is 1. The Kier molecular flexibility index (Phi) is 8.25. The molecule has 8 heteroatoms. The third-order valence-corrected chi connectivity index (χ3v) is 7.83. The number of piperazine rings is 1. The Bertz CT molecular complexity index is 979. The van der Waals surface area contributed by atoms with Crippen molar-refractivity contribution in [2.45, 2.75) is 18.9 Å². The number of carbonyl (C=O) groups is 1. The van der Waals surface area contributed by atoms with Gasteiger partial charge in [-0.25, -0.2) is 0 Å². The minimum Gasteiger partial charge on any atom is -0.506 e. The van der Waals surface area contributed by atoms with E-state index in [-0.39, 0.29) is 5.91 Å². The number of phenolic OH excluding ortho intramolecular Hbond substituents is 1. The SMILES string of the molecule is O=C(NCCN1CCOCC1)c1ccc(N2CCC(N3CCN(c4ccccc4O)CC3)CC2)cc1. The van der Waals surface area contributed by atoms with Gasteiger partial charge in [-0.3, -0.25) is 14.6 Å². The fourth-order valence-corrected chi connectivity index (χ4v) is 5.63. The van der Waals surface area contributed by atoms with Crippen LogP contribution < -0.4 is 15.1 Å². The van der Waals surface area contributed by atoms with E-state index in [1.54, 1.807) is 6.07 Å². The zero-order valence-corrected chi connectivity index (χ0v) is 21.1. The molecule has 2 aromatic rings. The van der Waals surface area contributed by atoms with Gasteiger partial charge in [-0.15, -0.1) is 0 Å². The van der Waals surface area contributed by atoms with E-state index in [9.17, 15) is 9.90 Å². The molecule has 3 saturated heterocycles. The quantitative estimate of drug-likeness (QED) is 0.613. The summed E-state index contributed by atoms with van der Waals surface area (Å²) < 4.78 is 5.37. The average molecular weight is 494 g/mol. The van der Waals surface area contributed by atoms with Crippen LogP contribution in [0.5, 0.6) is 5.75 Å². The monoisotopic (exact) mass is 493 g/mol. The number of phenols is 1. The fourth-order valence-electron chi connectivity index (χ4n) is 5.63. The average Bonchev–Trinajstić information content (AvgIpc) is 2.94. The molecule has 0 radical (unpaired) electrons. The second-order valence-electron chi connectivity index (χ2n) is 9.99. The van der Waals surface area contributed by atoms with Crippen LogP contribution in [0, 0.1) is 0 Å². The van der Waals surface area contributed by atoms with Crippen LogP contribution in [0.25, 0.3) is 0 Å². The van der Waals surface area contributed by atoms with Crippen molar-refractivity contribution in [3.05, 3.63) is 54.1 Å². The molecule has 0 bridgehead atoms. The first kappa shape index (κ1) is 24.9. The third kappa shape index (κ3) is 6.11. The van der Waals surface area contributed by atoms with Gasteiger partial charge in [-0.05, 0) is 49.2 Å². The molecule has 3 aliphatic rings. The summed E-state index contributed by atoms with van der Waals surface area (Å²) in [4.78, 5) is 22.2. The first-order valence-corrected chi connectivity index (χ1v) is 13.4. The maximum atomic E-state index is 12.5. The molecule has 8 nitrogen and oxygen atoms in total. The Hall–Kier alpha value is -2.81. The summed E-state index contributed by atoms with van der Waals surface area (Å²) in [6, 6.07) is 16.3. The molecule has 36 heavy (non-hydrogen) atoms. The predicted molar refractivity (Wildman–Crippen MR) is 143 cm³/mol. The molecule has 5 rings (SSSR count). The Morgan fingerprint density at radius 3 is 2.25 bits per heavy atom. The molecular weight excluding hydrogens is 454 g/mol. The van der Waals surface area contributed by atoms with Gasteiger partial charge in [0.05, 0.1) is 18.9 Å². The summed E-state index contributed by atoms with van der Waals surface area (Å²) in [5.41, 5.74) is 2.86. The molecule has 0 aliphatic carbocycles. The van der Waals surface area contributed by atoms with Crippen molar-refractivity contribution < 1.29 is 14.6 Å². The molecule has 3 heterocycles. The summed E-state index contributed by atoms with van der Waals surface area (Å²) >= 11 is 0. The Morgan fingerprint density at radius 2 is 1.56 bits per heavy atom. The smallest absolute Gasteiger partial charge is 0.251 e. The minimum atomic E-state index is -0.00326. The van der Waals surface area contributed by atoms with Gasteiger partial charge >= 0.3 is 0 Å². The Balaban J connectivity index is 1.04.